The van der Waals surface area contributed by atoms with Crippen LogP contribution in [0.2, 0.25) is 0 Å². The number of rotatable bonds is 4. The van der Waals surface area contributed by atoms with Crippen molar-refractivity contribution in [1.82, 2.24) is 4.72 Å². The summed E-state index contributed by atoms with van der Waals surface area (Å²) in [5.41, 5.74) is 0.453. The third-order valence-corrected chi connectivity index (χ3v) is 4.60. The molecule has 0 radical (unpaired) electrons. The molecule has 0 fully saturated rings. The van der Waals surface area contributed by atoms with Crippen molar-refractivity contribution in [2.45, 2.75) is 44.2 Å². The van der Waals surface area contributed by atoms with Crippen molar-refractivity contribution in [3.8, 4) is 0 Å². The van der Waals surface area contributed by atoms with Crippen molar-refractivity contribution in [3.63, 3.8) is 0 Å². The van der Waals surface area contributed by atoms with Gasteiger partial charge >= 0.3 is 6.18 Å². The van der Waals surface area contributed by atoms with Gasteiger partial charge in [0.05, 0.1) is 28.2 Å². The molecule has 0 spiro atoms. The van der Waals surface area contributed by atoms with Crippen LogP contribution in [-0.4, -0.2) is 15.1 Å². The summed E-state index contributed by atoms with van der Waals surface area (Å²) in [6.45, 7) is 5.13. The maximum absolute atomic E-state index is 12.7. The maximum Gasteiger partial charge on any atom is 0.390 e. The first-order chi connectivity index (χ1) is 8.99. The van der Waals surface area contributed by atoms with Crippen molar-refractivity contribution in [2.24, 2.45) is 0 Å². The van der Waals surface area contributed by atoms with Crippen LogP contribution in [0.3, 0.4) is 0 Å². The van der Waals surface area contributed by atoms with E-state index in [1.807, 2.05) is 0 Å². The first-order valence-corrected chi connectivity index (χ1v) is 7.93. The Morgan fingerprint density at radius 3 is 2.35 bits per heavy atom. The molecule has 1 aromatic carbocycles. The Morgan fingerprint density at radius 2 is 1.90 bits per heavy atom. The van der Waals surface area contributed by atoms with Gasteiger partial charge in [0.2, 0.25) is 0 Å². The molecule has 2 atom stereocenters. The van der Waals surface area contributed by atoms with Gasteiger partial charge in [0, 0.05) is 4.47 Å². The molecule has 114 valence electrons. The number of benzene rings is 1. The molecule has 0 aliphatic carbocycles. The number of halogens is 4. The van der Waals surface area contributed by atoms with Crippen molar-refractivity contribution in [2.75, 3.05) is 0 Å². The van der Waals surface area contributed by atoms with Crippen molar-refractivity contribution < 1.29 is 17.4 Å². The molecule has 1 unspecified atom stereocenters. The molecule has 2 nitrogen and oxygen atoms in total. The lowest BCUT2D eigenvalue weighted by molar-refractivity contribution is -0.139. The first-order valence-electron chi connectivity index (χ1n) is 5.99. The van der Waals surface area contributed by atoms with Crippen LogP contribution in [0.25, 0.3) is 0 Å². The van der Waals surface area contributed by atoms with Crippen molar-refractivity contribution in [3.05, 3.63) is 34.3 Å². The second-order valence-corrected chi connectivity index (χ2v) is 8.34. The van der Waals surface area contributed by atoms with Crippen LogP contribution in [0, 0.1) is 0 Å². The minimum atomic E-state index is -4.33. The van der Waals surface area contributed by atoms with Gasteiger partial charge < -0.3 is 0 Å². The number of alkyl halides is 3. The number of hydrogen-bond acceptors (Lipinski definition) is 1. The molecule has 20 heavy (non-hydrogen) atoms. The highest BCUT2D eigenvalue weighted by atomic mass is 79.9. The lowest BCUT2D eigenvalue weighted by atomic mass is 10.0. The number of nitrogens with one attached hydrogen (secondary N) is 1. The van der Waals surface area contributed by atoms with Crippen molar-refractivity contribution in [1.29, 1.82) is 0 Å². The average Bonchev–Trinajstić information content (AvgIpc) is 2.25. The zero-order valence-corrected chi connectivity index (χ0v) is 13.8. The largest absolute Gasteiger partial charge is 0.390 e. The molecule has 0 aliphatic heterocycles. The first kappa shape index (κ1) is 17.7. The normalized spacial score (nSPS) is 15.9. The van der Waals surface area contributed by atoms with Gasteiger partial charge in [-0.1, -0.05) is 28.1 Å². The molecule has 0 amide bonds. The molecule has 0 aliphatic rings. The predicted octanol–water partition coefficient (Wildman–Crippen LogP) is 4.49. The molecule has 1 aromatic rings. The summed E-state index contributed by atoms with van der Waals surface area (Å²) in [6.07, 6.45) is -5.40. The summed E-state index contributed by atoms with van der Waals surface area (Å²) >= 11 is 3.23. The van der Waals surface area contributed by atoms with E-state index in [-0.39, 0.29) is 0 Å². The van der Waals surface area contributed by atoms with E-state index in [4.69, 9.17) is 0 Å². The third kappa shape index (κ3) is 5.93. The molecule has 0 heterocycles. The van der Waals surface area contributed by atoms with E-state index in [9.17, 15) is 17.4 Å². The van der Waals surface area contributed by atoms with Crippen molar-refractivity contribution >= 4 is 26.9 Å². The molecule has 1 rings (SSSR count). The van der Waals surface area contributed by atoms with Gasteiger partial charge in [-0.05, 0) is 38.5 Å². The molecule has 7 heteroatoms. The highest BCUT2D eigenvalue weighted by Crippen LogP contribution is 2.31. The Labute approximate surface area is 127 Å². The zero-order valence-electron chi connectivity index (χ0n) is 11.4. The fourth-order valence-corrected chi connectivity index (χ4v) is 2.74. The van der Waals surface area contributed by atoms with Gasteiger partial charge in [-0.2, -0.15) is 13.2 Å². The van der Waals surface area contributed by atoms with Crippen LogP contribution in [0.15, 0.2) is 28.7 Å². The van der Waals surface area contributed by atoms with Gasteiger partial charge in [-0.15, -0.1) is 0 Å². The molecule has 1 N–H and O–H groups in total. The van der Waals surface area contributed by atoms with Gasteiger partial charge in [-0.25, -0.2) is 8.93 Å². The van der Waals surface area contributed by atoms with E-state index in [0.29, 0.717) is 10.0 Å². The fourth-order valence-electron chi connectivity index (χ4n) is 1.49. The molecule has 0 saturated heterocycles. The molecule has 0 saturated carbocycles. The summed E-state index contributed by atoms with van der Waals surface area (Å²) in [5.74, 6) is 0. The standard InChI is InChI=1S/C13H17BrF3NOS/c1-12(2,3)20(19)18-11(8-13(15,16)17)9-5-4-6-10(14)7-9/h4-7,11,18H,8H2,1-3H3/t11?,20-/m1/s1. The Bertz CT molecular complexity index is 485. The summed E-state index contributed by atoms with van der Waals surface area (Å²) < 4.78 is 52.7. The lowest BCUT2D eigenvalue weighted by Gasteiger charge is -2.25. The van der Waals surface area contributed by atoms with Crippen LogP contribution >= 0.6 is 15.9 Å². The summed E-state index contributed by atoms with van der Waals surface area (Å²) in [4.78, 5) is 0. The van der Waals surface area contributed by atoms with Gasteiger partial charge in [0.1, 0.15) is 0 Å². The Kier molecular flexibility index (Phi) is 5.80. The highest BCUT2D eigenvalue weighted by Gasteiger charge is 2.34. The SMILES string of the molecule is CC(C)(C)[S@@](=O)NC(CC(F)(F)F)c1cccc(Br)c1. The third-order valence-electron chi connectivity index (χ3n) is 2.49. The van der Waals surface area contributed by atoms with E-state index in [0.717, 1.165) is 0 Å². The minimum Gasteiger partial charge on any atom is -0.242 e. The van der Waals surface area contributed by atoms with Gasteiger partial charge in [-0.3, -0.25) is 0 Å². The van der Waals surface area contributed by atoms with E-state index in [2.05, 4.69) is 20.7 Å². The second kappa shape index (κ2) is 6.58. The summed E-state index contributed by atoms with van der Waals surface area (Å²) in [7, 11) is -1.57. The van der Waals surface area contributed by atoms with E-state index in [1.165, 1.54) is 0 Å². The van der Waals surface area contributed by atoms with Crippen LogP contribution in [0.4, 0.5) is 13.2 Å². The fraction of sp³-hybridized carbons (Fsp3) is 0.538. The predicted molar refractivity (Wildman–Crippen MR) is 78.6 cm³/mol. The van der Waals surface area contributed by atoms with E-state index < -0.39 is 34.4 Å². The highest BCUT2D eigenvalue weighted by molar-refractivity contribution is 9.10. The summed E-state index contributed by atoms with van der Waals surface area (Å²) in [6, 6.07) is 5.55. The van der Waals surface area contributed by atoms with E-state index >= 15 is 0 Å². The van der Waals surface area contributed by atoms with Gasteiger partial charge in [0.15, 0.2) is 0 Å². The Balaban J connectivity index is 3.00. The van der Waals surface area contributed by atoms with Gasteiger partial charge in [0.25, 0.3) is 0 Å². The minimum absolute atomic E-state index is 0.453. The Hall–Kier alpha value is -0.400. The molecule has 0 bridgehead atoms. The number of hydrogen-bond donors (Lipinski definition) is 1. The zero-order chi connectivity index (χ0) is 15.6. The smallest absolute Gasteiger partial charge is 0.242 e. The maximum atomic E-state index is 12.7. The molecule has 0 aromatic heterocycles. The van der Waals surface area contributed by atoms with Crippen LogP contribution in [0.5, 0.6) is 0 Å². The second-order valence-electron chi connectivity index (χ2n) is 5.43. The van der Waals surface area contributed by atoms with Crippen LogP contribution in [-0.2, 0) is 11.0 Å². The molecular formula is C13H17BrF3NOS. The van der Waals surface area contributed by atoms with E-state index in [1.54, 1.807) is 45.0 Å². The molecular weight excluding hydrogens is 355 g/mol. The lowest BCUT2D eigenvalue weighted by Crippen LogP contribution is -2.37. The average molecular weight is 372 g/mol. The summed E-state index contributed by atoms with van der Waals surface area (Å²) in [5, 5.41) is 0. The quantitative estimate of drug-likeness (QED) is 0.829. The van der Waals surface area contributed by atoms with Crippen LogP contribution < -0.4 is 4.72 Å². The Morgan fingerprint density at radius 1 is 1.30 bits per heavy atom. The topological polar surface area (TPSA) is 29.1 Å². The van der Waals surface area contributed by atoms with Crippen LogP contribution in [0.1, 0.15) is 38.8 Å². The monoisotopic (exact) mass is 371 g/mol.